The van der Waals surface area contributed by atoms with Crippen molar-refractivity contribution >= 4 is 56.1 Å². The number of fused-ring (bicyclic) bond motifs is 1. The molecular weight excluding hydrogens is 397 g/mol. The summed E-state index contributed by atoms with van der Waals surface area (Å²) >= 11 is 4.13. The van der Waals surface area contributed by atoms with Gasteiger partial charge >= 0.3 is 0 Å². The van der Waals surface area contributed by atoms with Gasteiger partial charge in [-0.1, -0.05) is 0 Å². The molecule has 66 valence electrons. The third-order valence-corrected chi connectivity index (χ3v) is 3.02. The Balaban J connectivity index is 2.92. The van der Waals surface area contributed by atoms with Crippen molar-refractivity contribution in [3.05, 3.63) is 31.3 Å². The predicted octanol–water partition coefficient (Wildman–Crippen LogP) is 2.98. The van der Waals surface area contributed by atoms with Crippen molar-refractivity contribution in [2.45, 2.75) is 0 Å². The molecule has 0 bridgehead atoms. The Bertz CT molecular complexity index is 473. The van der Waals surface area contributed by atoms with E-state index in [1.54, 1.807) is 12.1 Å². The van der Waals surface area contributed by atoms with Crippen LogP contribution in [-0.2, 0) is 0 Å². The summed E-state index contributed by atoms with van der Waals surface area (Å²) in [5.41, 5.74) is 0.626. The van der Waals surface area contributed by atoms with Gasteiger partial charge < -0.3 is 0 Å². The van der Waals surface area contributed by atoms with Crippen LogP contribution >= 0.6 is 45.2 Å². The van der Waals surface area contributed by atoms with Crippen LogP contribution in [0.2, 0.25) is 0 Å². The molecule has 0 N–H and O–H groups in total. The van der Waals surface area contributed by atoms with Crippen LogP contribution in [0.3, 0.4) is 0 Å². The molecule has 1 heterocycles. The quantitative estimate of drug-likeness (QED) is 0.636. The van der Waals surface area contributed by atoms with Crippen LogP contribution in [-0.4, -0.2) is 10.2 Å². The molecule has 13 heavy (non-hydrogen) atoms. The van der Waals surface area contributed by atoms with E-state index in [1.807, 2.05) is 22.6 Å². The summed E-state index contributed by atoms with van der Waals surface area (Å²) in [5, 5.41) is 8.34. The molecule has 0 fully saturated rings. The molecule has 0 saturated carbocycles. The molecule has 0 atom stereocenters. The minimum atomic E-state index is -0.247. The molecule has 0 saturated heterocycles. The van der Waals surface area contributed by atoms with Crippen LogP contribution < -0.4 is 0 Å². The summed E-state index contributed by atoms with van der Waals surface area (Å²) in [6.07, 6.45) is 0. The molecule has 2 rings (SSSR count). The topological polar surface area (TPSA) is 25.8 Å². The fourth-order valence-electron chi connectivity index (χ4n) is 1.04. The molecule has 0 aliphatic rings. The maximum absolute atomic E-state index is 13.3. The van der Waals surface area contributed by atoms with E-state index in [2.05, 4.69) is 32.8 Å². The van der Waals surface area contributed by atoms with E-state index >= 15 is 0 Å². The standard InChI is InChI=1S/C8H3FI2N2/c9-5-1-2-6(10)8-4(5)3-7(11)12-13-8/h1-3H. The van der Waals surface area contributed by atoms with Gasteiger partial charge in [-0.15, -0.1) is 10.2 Å². The van der Waals surface area contributed by atoms with Crippen LogP contribution in [0.15, 0.2) is 18.2 Å². The van der Waals surface area contributed by atoms with Crippen molar-refractivity contribution in [3.8, 4) is 0 Å². The first-order chi connectivity index (χ1) is 6.18. The lowest BCUT2D eigenvalue weighted by Gasteiger charge is -1.99. The minimum Gasteiger partial charge on any atom is -0.206 e. The highest BCUT2D eigenvalue weighted by Gasteiger charge is 2.06. The third-order valence-electron chi connectivity index (χ3n) is 1.62. The van der Waals surface area contributed by atoms with Crippen LogP contribution in [0.4, 0.5) is 4.39 Å². The number of halogens is 3. The Morgan fingerprint density at radius 2 is 1.92 bits per heavy atom. The van der Waals surface area contributed by atoms with Gasteiger partial charge in [-0.25, -0.2) is 4.39 Å². The second-order valence-electron chi connectivity index (χ2n) is 2.46. The Labute approximate surface area is 101 Å². The molecule has 0 radical (unpaired) electrons. The summed E-state index contributed by atoms with van der Waals surface area (Å²) in [4.78, 5) is 0. The van der Waals surface area contributed by atoms with Gasteiger partial charge in [0.25, 0.3) is 0 Å². The smallest absolute Gasteiger partial charge is 0.132 e. The molecule has 0 spiro atoms. The average Bonchev–Trinajstić information content (AvgIpc) is 2.12. The molecule has 1 aromatic carbocycles. The lowest BCUT2D eigenvalue weighted by Crippen LogP contribution is -1.92. The molecule has 0 amide bonds. The highest BCUT2D eigenvalue weighted by atomic mass is 127. The first kappa shape index (κ1) is 9.50. The van der Waals surface area contributed by atoms with Crippen molar-refractivity contribution in [2.24, 2.45) is 0 Å². The average molecular weight is 400 g/mol. The number of hydrogen-bond donors (Lipinski definition) is 0. The molecule has 0 aliphatic heterocycles. The fourth-order valence-corrected chi connectivity index (χ4v) is 2.04. The van der Waals surface area contributed by atoms with Gasteiger partial charge in [0.15, 0.2) is 0 Å². The van der Waals surface area contributed by atoms with Gasteiger partial charge in [0.05, 0.1) is 0 Å². The maximum atomic E-state index is 13.3. The molecule has 0 aliphatic carbocycles. The third kappa shape index (κ3) is 1.76. The molecule has 0 unspecified atom stereocenters. The van der Waals surface area contributed by atoms with Crippen molar-refractivity contribution in [1.29, 1.82) is 0 Å². The number of benzene rings is 1. The van der Waals surface area contributed by atoms with Crippen LogP contribution in [0.25, 0.3) is 10.9 Å². The van der Waals surface area contributed by atoms with Gasteiger partial charge in [0, 0.05) is 8.96 Å². The Morgan fingerprint density at radius 3 is 2.69 bits per heavy atom. The first-order valence-corrected chi connectivity index (χ1v) is 5.61. The number of rotatable bonds is 0. The molecule has 2 nitrogen and oxygen atoms in total. The maximum Gasteiger partial charge on any atom is 0.132 e. The minimum absolute atomic E-state index is 0.247. The van der Waals surface area contributed by atoms with Crippen LogP contribution in [0.5, 0.6) is 0 Å². The van der Waals surface area contributed by atoms with Gasteiger partial charge in [0.2, 0.25) is 0 Å². The second-order valence-corrected chi connectivity index (χ2v) is 4.73. The van der Waals surface area contributed by atoms with Crippen molar-refractivity contribution in [1.82, 2.24) is 10.2 Å². The number of hydrogen-bond acceptors (Lipinski definition) is 2. The molecule has 2 aromatic rings. The highest BCUT2D eigenvalue weighted by Crippen LogP contribution is 2.21. The van der Waals surface area contributed by atoms with Crippen molar-refractivity contribution in [2.75, 3.05) is 0 Å². The van der Waals surface area contributed by atoms with E-state index in [0.717, 1.165) is 3.57 Å². The summed E-state index contributed by atoms with van der Waals surface area (Å²) in [7, 11) is 0. The fraction of sp³-hybridized carbons (Fsp3) is 0. The SMILES string of the molecule is Fc1ccc(I)c2nnc(I)cc12. The van der Waals surface area contributed by atoms with Gasteiger partial charge in [0.1, 0.15) is 15.0 Å². The first-order valence-electron chi connectivity index (χ1n) is 3.45. The summed E-state index contributed by atoms with van der Waals surface area (Å²) in [6, 6.07) is 4.84. The van der Waals surface area contributed by atoms with Crippen LogP contribution in [0.1, 0.15) is 0 Å². The van der Waals surface area contributed by atoms with E-state index in [4.69, 9.17) is 0 Å². The molecule has 1 aromatic heterocycles. The summed E-state index contributed by atoms with van der Waals surface area (Å²) in [5.74, 6) is -0.247. The summed E-state index contributed by atoms with van der Waals surface area (Å²) in [6.45, 7) is 0. The molecule has 5 heteroatoms. The Kier molecular flexibility index (Phi) is 2.63. The van der Waals surface area contributed by atoms with Gasteiger partial charge in [-0.05, 0) is 63.4 Å². The zero-order valence-corrected chi connectivity index (χ0v) is 10.6. The van der Waals surface area contributed by atoms with E-state index in [-0.39, 0.29) is 5.82 Å². The van der Waals surface area contributed by atoms with Crippen molar-refractivity contribution < 1.29 is 4.39 Å². The van der Waals surface area contributed by atoms with E-state index in [1.165, 1.54) is 6.07 Å². The zero-order valence-electron chi connectivity index (χ0n) is 6.26. The highest BCUT2D eigenvalue weighted by molar-refractivity contribution is 14.1. The second kappa shape index (κ2) is 3.60. The Hall–Kier alpha value is -0.0500. The lowest BCUT2D eigenvalue weighted by atomic mass is 10.2. The molecular formula is C8H3FI2N2. The number of nitrogens with zero attached hydrogens (tertiary/aromatic N) is 2. The van der Waals surface area contributed by atoms with Gasteiger partial charge in [-0.2, -0.15) is 0 Å². The van der Waals surface area contributed by atoms with E-state index in [0.29, 0.717) is 14.6 Å². The lowest BCUT2D eigenvalue weighted by molar-refractivity contribution is 0.639. The van der Waals surface area contributed by atoms with E-state index in [9.17, 15) is 4.39 Å². The normalized spacial score (nSPS) is 10.7. The van der Waals surface area contributed by atoms with Gasteiger partial charge in [-0.3, -0.25) is 0 Å². The monoisotopic (exact) mass is 400 g/mol. The van der Waals surface area contributed by atoms with Crippen LogP contribution in [0, 0.1) is 13.1 Å². The summed E-state index contributed by atoms with van der Waals surface area (Å²) < 4.78 is 14.9. The Morgan fingerprint density at radius 1 is 1.15 bits per heavy atom. The predicted molar refractivity (Wildman–Crippen MR) is 64.9 cm³/mol. The largest absolute Gasteiger partial charge is 0.206 e. The van der Waals surface area contributed by atoms with Crippen molar-refractivity contribution in [3.63, 3.8) is 0 Å². The zero-order chi connectivity index (χ0) is 9.42. The number of aromatic nitrogens is 2. The van der Waals surface area contributed by atoms with E-state index < -0.39 is 0 Å².